The van der Waals surface area contributed by atoms with Gasteiger partial charge in [-0.05, 0) is 23.6 Å². The summed E-state index contributed by atoms with van der Waals surface area (Å²) in [5.41, 5.74) is 3.90. The van der Waals surface area contributed by atoms with Gasteiger partial charge in [-0.1, -0.05) is 48.5 Å². The molecule has 22 heavy (non-hydrogen) atoms. The van der Waals surface area contributed by atoms with Crippen molar-refractivity contribution in [3.63, 3.8) is 0 Å². The van der Waals surface area contributed by atoms with E-state index in [1.165, 1.54) is 5.56 Å². The van der Waals surface area contributed by atoms with Crippen LogP contribution in [0.1, 0.15) is 11.1 Å². The molecule has 2 aromatic carbocycles. The summed E-state index contributed by atoms with van der Waals surface area (Å²) < 4.78 is 0. The molecule has 0 saturated carbocycles. The van der Waals surface area contributed by atoms with E-state index in [-0.39, 0.29) is 11.8 Å². The zero-order chi connectivity index (χ0) is 15.1. The number of hydrogen-bond acceptors (Lipinski definition) is 3. The Kier molecular flexibility index (Phi) is 2.82. The number of carbonyl (C=O) groups excluding carboxylic acids is 2. The van der Waals surface area contributed by atoms with Crippen LogP contribution in [0.3, 0.4) is 0 Å². The number of carbonyl (C=O) groups is 2. The third kappa shape index (κ3) is 1.84. The predicted octanol–water partition coefficient (Wildman–Crippen LogP) is 2.12. The first-order valence-corrected chi connectivity index (χ1v) is 7.26. The second kappa shape index (κ2) is 4.84. The average molecular weight is 290 g/mol. The van der Waals surface area contributed by atoms with Gasteiger partial charge in [0.25, 0.3) is 11.8 Å². The Morgan fingerprint density at radius 1 is 0.864 bits per heavy atom. The van der Waals surface area contributed by atoms with Crippen LogP contribution in [0.25, 0.3) is 5.57 Å². The lowest BCUT2D eigenvalue weighted by Crippen LogP contribution is -2.29. The first-order chi connectivity index (χ1) is 10.8. The Balaban J connectivity index is 1.89. The molecule has 4 heteroatoms. The van der Waals surface area contributed by atoms with Gasteiger partial charge in [0.15, 0.2) is 0 Å². The number of anilines is 1. The minimum absolute atomic E-state index is 0.319. The molecule has 4 nitrogen and oxygen atoms in total. The summed E-state index contributed by atoms with van der Waals surface area (Å²) in [4.78, 5) is 26.5. The van der Waals surface area contributed by atoms with Crippen molar-refractivity contribution >= 4 is 23.1 Å². The number of hydrogen-bond donors (Lipinski definition) is 1. The summed E-state index contributed by atoms with van der Waals surface area (Å²) in [5, 5.41) is 2.43. The van der Waals surface area contributed by atoms with E-state index in [0.29, 0.717) is 17.8 Å². The summed E-state index contributed by atoms with van der Waals surface area (Å²) in [6, 6.07) is 17.3. The normalized spacial score (nSPS) is 17.0. The van der Waals surface area contributed by atoms with E-state index in [1.54, 1.807) is 0 Å². The van der Waals surface area contributed by atoms with Crippen molar-refractivity contribution in [1.29, 1.82) is 0 Å². The molecular formula is C18H14N2O2. The number of para-hydroxylation sites is 1. The molecule has 0 aliphatic carbocycles. The van der Waals surface area contributed by atoms with Gasteiger partial charge < -0.3 is 4.90 Å². The first kappa shape index (κ1) is 12.8. The van der Waals surface area contributed by atoms with Crippen LogP contribution in [-0.2, 0) is 16.0 Å². The lowest BCUT2D eigenvalue weighted by Gasteiger charge is -2.20. The highest BCUT2D eigenvalue weighted by atomic mass is 16.2. The van der Waals surface area contributed by atoms with E-state index in [2.05, 4.69) is 11.4 Å². The second-order valence-electron chi connectivity index (χ2n) is 5.40. The van der Waals surface area contributed by atoms with Gasteiger partial charge in [-0.2, -0.15) is 0 Å². The van der Waals surface area contributed by atoms with Crippen molar-refractivity contribution in [2.75, 3.05) is 11.4 Å². The van der Waals surface area contributed by atoms with Crippen molar-refractivity contribution in [3.05, 3.63) is 71.4 Å². The molecule has 2 aliphatic rings. The molecule has 1 N–H and O–H groups in total. The number of amides is 2. The molecule has 108 valence electrons. The molecule has 0 aromatic heterocycles. The van der Waals surface area contributed by atoms with Gasteiger partial charge in [0.1, 0.15) is 5.70 Å². The molecular weight excluding hydrogens is 276 g/mol. The number of rotatable bonds is 2. The molecule has 0 spiro atoms. The molecule has 4 rings (SSSR count). The maximum Gasteiger partial charge on any atom is 0.275 e. The minimum Gasteiger partial charge on any atom is -0.336 e. The van der Waals surface area contributed by atoms with Gasteiger partial charge in [0.2, 0.25) is 0 Å². The number of fused-ring (bicyclic) bond motifs is 1. The third-order valence-electron chi connectivity index (χ3n) is 4.13. The Morgan fingerprint density at radius 2 is 1.59 bits per heavy atom. The van der Waals surface area contributed by atoms with Crippen molar-refractivity contribution in [1.82, 2.24) is 5.32 Å². The highest BCUT2D eigenvalue weighted by Gasteiger charge is 2.37. The average Bonchev–Trinajstić information content (AvgIpc) is 3.08. The summed E-state index contributed by atoms with van der Waals surface area (Å²) in [6.45, 7) is 0.714. The third-order valence-corrected chi connectivity index (χ3v) is 4.13. The first-order valence-electron chi connectivity index (χ1n) is 7.26. The maximum absolute atomic E-state index is 12.3. The molecule has 2 heterocycles. The zero-order valence-electron chi connectivity index (χ0n) is 11.9. The molecule has 0 radical (unpaired) electrons. The van der Waals surface area contributed by atoms with E-state index < -0.39 is 0 Å². The number of nitrogens with zero attached hydrogens (tertiary/aromatic N) is 1. The van der Waals surface area contributed by atoms with Gasteiger partial charge in [-0.25, -0.2) is 0 Å². The molecule has 0 fully saturated rings. The fourth-order valence-corrected chi connectivity index (χ4v) is 3.15. The molecule has 2 amide bonds. The van der Waals surface area contributed by atoms with Gasteiger partial charge in [-0.3, -0.25) is 14.9 Å². The highest BCUT2D eigenvalue weighted by molar-refractivity contribution is 6.37. The highest BCUT2D eigenvalue weighted by Crippen LogP contribution is 2.35. The number of nitrogens with one attached hydrogen (secondary N) is 1. The molecule has 0 unspecified atom stereocenters. The van der Waals surface area contributed by atoms with Crippen LogP contribution in [0.5, 0.6) is 0 Å². The van der Waals surface area contributed by atoms with Crippen LogP contribution >= 0.6 is 0 Å². The van der Waals surface area contributed by atoms with Crippen molar-refractivity contribution in [2.24, 2.45) is 0 Å². The molecule has 0 bridgehead atoms. The van der Waals surface area contributed by atoms with Gasteiger partial charge in [0.05, 0.1) is 5.57 Å². The standard InChI is InChI=1S/C18H14N2O2/c21-17-15(13-7-2-1-3-8-13)16(18(22)19-17)20-11-10-12-6-4-5-9-14(12)20/h1-9H,10-11H2,(H,19,21,22). The summed E-state index contributed by atoms with van der Waals surface area (Å²) in [7, 11) is 0. The summed E-state index contributed by atoms with van der Waals surface area (Å²) in [6.07, 6.45) is 0.878. The fraction of sp³-hybridized carbons (Fsp3) is 0.111. The van der Waals surface area contributed by atoms with Crippen molar-refractivity contribution < 1.29 is 9.59 Å². The topological polar surface area (TPSA) is 49.4 Å². The molecule has 2 aliphatic heterocycles. The summed E-state index contributed by atoms with van der Waals surface area (Å²) >= 11 is 0. The Labute approximate surface area is 128 Å². The fourth-order valence-electron chi connectivity index (χ4n) is 3.15. The van der Waals surface area contributed by atoms with Crippen LogP contribution in [0.15, 0.2) is 60.3 Å². The van der Waals surface area contributed by atoms with Crippen LogP contribution < -0.4 is 10.2 Å². The Bertz CT molecular complexity index is 809. The Hall–Kier alpha value is -2.88. The maximum atomic E-state index is 12.3. The lowest BCUT2D eigenvalue weighted by atomic mass is 10.0. The van der Waals surface area contributed by atoms with Crippen LogP contribution in [0.2, 0.25) is 0 Å². The number of imide groups is 1. The largest absolute Gasteiger partial charge is 0.336 e. The van der Waals surface area contributed by atoms with Crippen LogP contribution in [-0.4, -0.2) is 18.4 Å². The SMILES string of the molecule is O=C1NC(=O)C(N2CCc3ccccc32)=C1c1ccccc1. The second-order valence-corrected chi connectivity index (χ2v) is 5.40. The van der Waals surface area contributed by atoms with E-state index in [4.69, 9.17) is 0 Å². The smallest absolute Gasteiger partial charge is 0.275 e. The van der Waals surface area contributed by atoms with E-state index in [1.807, 2.05) is 53.4 Å². The van der Waals surface area contributed by atoms with E-state index in [9.17, 15) is 9.59 Å². The monoisotopic (exact) mass is 290 g/mol. The van der Waals surface area contributed by atoms with Crippen molar-refractivity contribution in [2.45, 2.75) is 6.42 Å². The van der Waals surface area contributed by atoms with Crippen molar-refractivity contribution in [3.8, 4) is 0 Å². The van der Waals surface area contributed by atoms with Crippen LogP contribution in [0.4, 0.5) is 5.69 Å². The van der Waals surface area contributed by atoms with E-state index in [0.717, 1.165) is 17.7 Å². The van der Waals surface area contributed by atoms with Gasteiger partial charge in [0, 0.05) is 12.2 Å². The summed E-state index contributed by atoms with van der Waals surface area (Å²) in [5.74, 6) is -0.642. The minimum atomic E-state index is -0.324. The van der Waals surface area contributed by atoms with Crippen LogP contribution in [0, 0.1) is 0 Å². The quantitative estimate of drug-likeness (QED) is 0.862. The van der Waals surface area contributed by atoms with E-state index >= 15 is 0 Å². The molecule has 0 atom stereocenters. The molecule has 0 saturated heterocycles. The Morgan fingerprint density at radius 3 is 2.41 bits per heavy atom. The molecule has 2 aromatic rings. The lowest BCUT2D eigenvalue weighted by molar-refractivity contribution is -0.123. The predicted molar refractivity (Wildman–Crippen MR) is 84.0 cm³/mol. The van der Waals surface area contributed by atoms with Gasteiger partial charge in [-0.15, -0.1) is 0 Å². The number of benzene rings is 2. The zero-order valence-corrected chi connectivity index (χ0v) is 11.9. The van der Waals surface area contributed by atoms with Gasteiger partial charge >= 0.3 is 0 Å².